The van der Waals surface area contributed by atoms with Gasteiger partial charge < -0.3 is 10.1 Å². The lowest BCUT2D eigenvalue weighted by Crippen LogP contribution is -2.20. The molecule has 2 atom stereocenters. The van der Waals surface area contributed by atoms with E-state index in [-0.39, 0.29) is 11.8 Å². The summed E-state index contributed by atoms with van der Waals surface area (Å²) in [5, 5.41) is 3.31. The van der Waals surface area contributed by atoms with E-state index in [0.29, 0.717) is 18.0 Å². The van der Waals surface area contributed by atoms with Crippen LogP contribution in [-0.2, 0) is 6.42 Å². The molecule has 0 saturated carbocycles. The molecule has 1 heterocycles. The summed E-state index contributed by atoms with van der Waals surface area (Å²) in [5.74, 6) is 0.519. The predicted molar refractivity (Wildman–Crippen MR) is 104 cm³/mol. The Bertz CT molecular complexity index is 872. The van der Waals surface area contributed by atoms with Crippen molar-refractivity contribution in [2.24, 2.45) is 0 Å². The third-order valence-corrected chi connectivity index (χ3v) is 4.65. The van der Waals surface area contributed by atoms with Crippen LogP contribution in [0.4, 0.5) is 13.2 Å². The summed E-state index contributed by atoms with van der Waals surface area (Å²) in [6, 6.07) is 9.46. The number of fused-ring (bicyclic) bond motifs is 1. The second kappa shape index (κ2) is 8.09. The molecular formula is C22H23F3N2O. The lowest BCUT2D eigenvalue weighted by atomic mass is 9.98. The smallest absolute Gasteiger partial charge is 0.422 e. The first kappa shape index (κ1) is 20.0. The Morgan fingerprint density at radius 2 is 2.07 bits per heavy atom. The van der Waals surface area contributed by atoms with Gasteiger partial charge in [0.25, 0.3) is 0 Å². The van der Waals surface area contributed by atoms with Crippen LogP contribution in [-0.4, -0.2) is 17.8 Å². The molecule has 0 fully saturated rings. The molecule has 1 aliphatic carbocycles. The first-order chi connectivity index (χ1) is 13.2. The van der Waals surface area contributed by atoms with E-state index >= 15 is 0 Å². The number of rotatable bonds is 7. The van der Waals surface area contributed by atoms with Gasteiger partial charge in [-0.3, -0.25) is 4.98 Å². The highest BCUT2D eigenvalue weighted by Crippen LogP contribution is 2.30. The van der Waals surface area contributed by atoms with E-state index in [1.165, 1.54) is 29.0 Å². The van der Waals surface area contributed by atoms with Gasteiger partial charge in [-0.05, 0) is 41.7 Å². The number of allylic oxidation sites excluding steroid dienone is 2. The molecule has 1 aromatic heterocycles. The van der Waals surface area contributed by atoms with E-state index < -0.39 is 12.8 Å². The Balaban J connectivity index is 1.55. The van der Waals surface area contributed by atoms with E-state index in [0.717, 1.165) is 5.70 Å². The van der Waals surface area contributed by atoms with Crippen LogP contribution >= 0.6 is 0 Å². The molecule has 1 unspecified atom stereocenters. The van der Waals surface area contributed by atoms with Gasteiger partial charge in [0.1, 0.15) is 5.75 Å². The quantitative estimate of drug-likeness (QED) is 0.674. The Hall–Kier alpha value is -2.76. The van der Waals surface area contributed by atoms with Gasteiger partial charge in [-0.2, -0.15) is 13.2 Å². The molecule has 1 N–H and O–H groups in total. The average molecular weight is 388 g/mol. The van der Waals surface area contributed by atoms with E-state index in [2.05, 4.69) is 58.9 Å². The molecule has 148 valence electrons. The second-order valence-electron chi connectivity index (χ2n) is 7.08. The number of ether oxygens (including phenoxy) is 1. The molecule has 6 heteroatoms. The molecule has 0 spiro atoms. The Labute approximate surface area is 162 Å². The number of halogens is 3. The van der Waals surface area contributed by atoms with Gasteiger partial charge in [0, 0.05) is 12.1 Å². The van der Waals surface area contributed by atoms with Gasteiger partial charge in [0.05, 0.1) is 17.9 Å². The Morgan fingerprint density at radius 3 is 2.75 bits per heavy atom. The van der Waals surface area contributed by atoms with Crippen molar-refractivity contribution in [2.45, 2.75) is 38.4 Å². The number of alkyl halides is 3. The molecule has 0 radical (unpaired) electrons. The van der Waals surface area contributed by atoms with Crippen LogP contribution in [0.25, 0.3) is 6.08 Å². The number of pyridine rings is 1. The van der Waals surface area contributed by atoms with Crippen molar-refractivity contribution in [3.05, 3.63) is 77.3 Å². The van der Waals surface area contributed by atoms with Crippen molar-refractivity contribution in [1.29, 1.82) is 0 Å². The van der Waals surface area contributed by atoms with Crippen LogP contribution in [0, 0.1) is 0 Å². The lowest BCUT2D eigenvalue weighted by Gasteiger charge is -2.18. The van der Waals surface area contributed by atoms with Crippen LogP contribution < -0.4 is 10.1 Å². The van der Waals surface area contributed by atoms with Gasteiger partial charge in [0.15, 0.2) is 6.61 Å². The van der Waals surface area contributed by atoms with Crippen LogP contribution in [0.3, 0.4) is 0 Å². The minimum Gasteiger partial charge on any atom is -0.483 e. The fraction of sp³-hybridized carbons (Fsp3) is 0.318. The monoisotopic (exact) mass is 388 g/mol. The van der Waals surface area contributed by atoms with Crippen LogP contribution in [0.1, 0.15) is 48.2 Å². The van der Waals surface area contributed by atoms with E-state index in [9.17, 15) is 13.2 Å². The van der Waals surface area contributed by atoms with Gasteiger partial charge in [0.2, 0.25) is 0 Å². The minimum atomic E-state index is -4.36. The zero-order valence-electron chi connectivity index (χ0n) is 15.9. The van der Waals surface area contributed by atoms with E-state index in [1.54, 1.807) is 6.07 Å². The topological polar surface area (TPSA) is 34.1 Å². The van der Waals surface area contributed by atoms with Crippen molar-refractivity contribution in [1.82, 2.24) is 10.3 Å². The summed E-state index contributed by atoms with van der Waals surface area (Å²) in [4.78, 5) is 4.19. The fourth-order valence-electron chi connectivity index (χ4n) is 3.21. The summed E-state index contributed by atoms with van der Waals surface area (Å²) >= 11 is 0. The highest BCUT2D eigenvalue weighted by atomic mass is 19.4. The van der Waals surface area contributed by atoms with Gasteiger partial charge >= 0.3 is 6.18 Å². The maximum atomic E-state index is 12.2. The molecule has 3 rings (SSSR count). The van der Waals surface area contributed by atoms with Crippen molar-refractivity contribution in [2.75, 3.05) is 6.61 Å². The van der Waals surface area contributed by atoms with Crippen molar-refractivity contribution in [3.8, 4) is 5.75 Å². The zero-order valence-corrected chi connectivity index (χ0v) is 15.9. The molecule has 0 saturated heterocycles. The van der Waals surface area contributed by atoms with Crippen LogP contribution in [0.2, 0.25) is 0 Å². The Kier molecular flexibility index (Phi) is 5.77. The molecule has 0 bridgehead atoms. The van der Waals surface area contributed by atoms with Gasteiger partial charge in [-0.1, -0.05) is 43.9 Å². The van der Waals surface area contributed by atoms with Gasteiger partial charge in [-0.25, -0.2) is 0 Å². The molecular weight excluding hydrogens is 365 g/mol. The number of nitrogens with one attached hydrogen (secondary N) is 1. The zero-order chi connectivity index (χ0) is 20.3. The SMILES string of the molecule is C=C(Cc1ccc2c(c1)C(C)C=C2)N[C@H](C)c1ccc(OCC(F)(F)F)cn1. The first-order valence-electron chi connectivity index (χ1n) is 9.12. The maximum Gasteiger partial charge on any atom is 0.422 e. The number of nitrogens with zero attached hydrogens (tertiary/aromatic N) is 1. The van der Waals surface area contributed by atoms with E-state index in [1.807, 2.05) is 6.92 Å². The van der Waals surface area contributed by atoms with E-state index in [4.69, 9.17) is 0 Å². The summed E-state index contributed by atoms with van der Waals surface area (Å²) in [7, 11) is 0. The van der Waals surface area contributed by atoms with Gasteiger partial charge in [-0.15, -0.1) is 0 Å². The van der Waals surface area contributed by atoms with Crippen LogP contribution in [0.5, 0.6) is 5.75 Å². The van der Waals surface area contributed by atoms with Crippen molar-refractivity contribution >= 4 is 6.08 Å². The third-order valence-electron chi connectivity index (χ3n) is 4.65. The standard InChI is InChI=1S/C22H23F3N2O/c1-14-4-6-18-7-5-17(11-20(14)18)10-15(2)27-16(3)21-9-8-19(12-26-21)28-13-22(23,24)25/h4-9,11-12,14,16,27H,2,10,13H2,1,3H3/t14?,16-/m1/s1. The largest absolute Gasteiger partial charge is 0.483 e. The summed E-state index contributed by atoms with van der Waals surface area (Å²) in [5.41, 5.74) is 5.33. The lowest BCUT2D eigenvalue weighted by molar-refractivity contribution is -0.153. The molecule has 1 aromatic carbocycles. The summed E-state index contributed by atoms with van der Waals surface area (Å²) in [6.45, 7) is 6.88. The molecule has 2 aromatic rings. The fourth-order valence-corrected chi connectivity index (χ4v) is 3.21. The highest BCUT2D eigenvalue weighted by Gasteiger charge is 2.28. The minimum absolute atomic E-state index is 0.0907. The number of hydrogen-bond acceptors (Lipinski definition) is 3. The average Bonchev–Trinajstić information content (AvgIpc) is 3.00. The second-order valence-corrected chi connectivity index (χ2v) is 7.08. The summed E-state index contributed by atoms with van der Waals surface area (Å²) < 4.78 is 41.3. The normalized spacial score (nSPS) is 16.5. The van der Waals surface area contributed by atoms with Crippen molar-refractivity contribution < 1.29 is 17.9 Å². The third kappa shape index (κ3) is 5.15. The highest BCUT2D eigenvalue weighted by molar-refractivity contribution is 5.62. The Morgan fingerprint density at radius 1 is 1.29 bits per heavy atom. The maximum absolute atomic E-state index is 12.2. The number of benzene rings is 1. The molecule has 28 heavy (non-hydrogen) atoms. The summed E-state index contributed by atoms with van der Waals surface area (Å²) in [6.07, 6.45) is 1.97. The van der Waals surface area contributed by atoms with Crippen molar-refractivity contribution in [3.63, 3.8) is 0 Å². The molecule has 3 nitrogen and oxygen atoms in total. The molecule has 0 amide bonds. The first-order valence-corrected chi connectivity index (χ1v) is 9.12. The number of hydrogen-bond donors (Lipinski definition) is 1. The van der Waals surface area contributed by atoms with Crippen LogP contribution in [0.15, 0.2) is 54.9 Å². The molecule has 1 aliphatic rings. The predicted octanol–water partition coefficient (Wildman–Crippen LogP) is 5.56. The number of aromatic nitrogens is 1. The molecule has 0 aliphatic heterocycles.